The van der Waals surface area contributed by atoms with Crippen LogP contribution in [-0.2, 0) is 26.2 Å². The summed E-state index contributed by atoms with van der Waals surface area (Å²) in [6, 6.07) is 12.0. The molecule has 0 heterocycles. The van der Waals surface area contributed by atoms with E-state index < -0.39 is 28.5 Å². The topological polar surface area (TPSA) is 96.0 Å². The molecule has 0 radical (unpaired) electrons. The van der Waals surface area contributed by atoms with E-state index in [9.17, 15) is 18.0 Å². The number of hydrogen-bond acceptors (Lipinski definition) is 5. The van der Waals surface area contributed by atoms with Crippen molar-refractivity contribution in [3.63, 3.8) is 0 Å². The van der Waals surface area contributed by atoms with E-state index in [0.29, 0.717) is 24.4 Å². The van der Waals surface area contributed by atoms with Crippen molar-refractivity contribution in [2.45, 2.75) is 53.6 Å². The quantitative estimate of drug-likeness (QED) is 0.464. The Bertz CT molecular complexity index is 1140. The third-order valence-electron chi connectivity index (χ3n) is 5.93. The van der Waals surface area contributed by atoms with E-state index in [-0.39, 0.29) is 18.4 Å². The third-order valence-corrected chi connectivity index (χ3v) is 7.04. The van der Waals surface area contributed by atoms with Gasteiger partial charge in [-0.25, -0.2) is 8.42 Å². The number of nitrogens with one attached hydrogen (secondary N) is 1. The number of ether oxygens (including phenoxy) is 1. The summed E-state index contributed by atoms with van der Waals surface area (Å²) in [6.45, 7) is 9.65. The Morgan fingerprint density at radius 2 is 1.67 bits per heavy atom. The molecule has 8 nitrogen and oxygen atoms in total. The maximum atomic E-state index is 13.8. The number of hydrogen-bond donors (Lipinski definition) is 1. The first-order chi connectivity index (χ1) is 16.9. The number of para-hydroxylation sites is 1. The maximum absolute atomic E-state index is 13.8. The Morgan fingerprint density at radius 3 is 2.19 bits per heavy atom. The lowest BCUT2D eigenvalue weighted by molar-refractivity contribution is -0.140. The van der Waals surface area contributed by atoms with Crippen molar-refractivity contribution in [2.24, 2.45) is 5.92 Å². The van der Waals surface area contributed by atoms with Gasteiger partial charge in [0, 0.05) is 13.1 Å². The molecule has 36 heavy (non-hydrogen) atoms. The molecule has 9 heteroatoms. The van der Waals surface area contributed by atoms with E-state index in [1.54, 1.807) is 19.2 Å². The predicted octanol–water partition coefficient (Wildman–Crippen LogP) is 3.66. The van der Waals surface area contributed by atoms with Crippen LogP contribution in [0.25, 0.3) is 0 Å². The first kappa shape index (κ1) is 29.2. The first-order valence-corrected chi connectivity index (χ1v) is 14.0. The van der Waals surface area contributed by atoms with E-state index in [4.69, 9.17) is 4.74 Å². The SMILES string of the molecule is CCC(C(=O)NCC(C)C)N(Cc1cccc(OC)c1)C(=O)CN(c1c(C)cccc1C)S(C)(=O)=O. The fourth-order valence-electron chi connectivity index (χ4n) is 4.08. The Balaban J connectivity index is 2.49. The van der Waals surface area contributed by atoms with Crippen molar-refractivity contribution in [3.8, 4) is 5.75 Å². The molecule has 2 rings (SSSR count). The van der Waals surface area contributed by atoms with Crippen LogP contribution in [0.15, 0.2) is 42.5 Å². The Kier molecular flexibility index (Phi) is 10.3. The van der Waals surface area contributed by atoms with Gasteiger partial charge >= 0.3 is 0 Å². The molecule has 1 atom stereocenters. The van der Waals surface area contributed by atoms with E-state index in [0.717, 1.165) is 27.3 Å². The fraction of sp³-hybridized carbons (Fsp3) is 0.481. The molecule has 0 saturated carbocycles. The van der Waals surface area contributed by atoms with Gasteiger partial charge < -0.3 is 15.0 Å². The van der Waals surface area contributed by atoms with E-state index in [2.05, 4.69) is 5.32 Å². The Morgan fingerprint density at radius 1 is 1.06 bits per heavy atom. The maximum Gasteiger partial charge on any atom is 0.244 e. The number of carbonyl (C=O) groups is 2. The third kappa shape index (κ3) is 7.71. The average Bonchev–Trinajstić information content (AvgIpc) is 2.81. The van der Waals surface area contributed by atoms with Gasteiger partial charge in [0.05, 0.1) is 19.1 Å². The van der Waals surface area contributed by atoms with Crippen LogP contribution in [0.5, 0.6) is 5.75 Å². The molecule has 2 aromatic rings. The summed E-state index contributed by atoms with van der Waals surface area (Å²) in [5, 5.41) is 2.92. The lowest BCUT2D eigenvalue weighted by Crippen LogP contribution is -2.52. The van der Waals surface area contributed by atoms with Crippen LogP contribution in [0.3, 0.4) is 0 Å². The standard InChI is InChI=1S/C27H39N3O5S/c1-8-24(27(32)28-16-19(2)3)29(17-22-13-10-14-23(15-22)35-6)25(31)18-30(36(7,33)34)26-20(4)11-9-12-21(26)5/h9-15,19,24H,8,16-18H2,1-7H3,(H,28,32). The van der Waals surface area contributed by atoms with Crippen molar-refractivity contribution in [2.75, 3.05) is 30.8 Å². The van der Waals surface area contributed by atoms with E-state index >= 15 is 0 Å². The average molecular weight is 518 g/mol. The summed E-state index contributed by atoms with van der Waals surface area (Å²) in [5.41, 5.74) is 2.74. The summed E-state index contributed by atoms with van der Waals surface area (Å²) in [7, 11) is -2.22. The number of sulfonamides is 1. The van der Waals surface area contributed by atoms with Gasteiger partial charge in [0.15, 0.2) is 0 Å². The number of carbonyl (C=O) groups excluding carboxylic acids is 2. The zero-order valence-electron chi connectivity index (χ0n) is 22.4. The molecule has 2 aromatic carbocycles. The molecule has 1 N–H and O–H groups in total. The number of methoxy groups -OCH3 is 1. The molecule has 198 valence electrons. The van der Waals surface area contributed by atoms with Crippen molar-refractivity contribution in [1.82, 2.24) is 10.2 Å². The number of benzene rings is 2. The molecule has 2 amide bonds. The van der Waals surface area contributed by atoms with Gasteiger partial charge in [0.2, 0.25) is 21.8 Å². The zero-order chi connectivity index (χ0) is 27.0. The largest absolute Gasteiger partial charge is 0.497 e. The van der Waals surface area contributed by atoms with Crippen LogP contribution in [0.1, 0.15) is 43.9 Å². The van der Waals surface area contributed by atoms with Crippen LogP contribution < -0.4 is 14.4 Å². The summed E-state index contributed by atoms with van der Waals surface area (Å²) >= 11 is 0. The highest BCUT2D eigenvalue weighted by molar-refractivity contribution is 7.92. The van der Waals surface area contributed by atoms with Gasteiger partial charge in [-0.15, -0.1) is 0 Å². The number of aryl methyl sites for hydroxylation is 2. The molecular formula is C27H39N3O5S. The Labute approximate surface area is 215 Å². The fourth-order valence-corrected chi connectivity index (χ4v) is 5.05. The normalized spacial score (nSPS) is 12.2. The van der Waals surface area contributed by atoms with Crippen LogP contribution >= 0.6 is 0 Å². The molecule has 0 aliphatic heterocycles. The van der Waals surface area contributed by atoms with Crippen LogP contribution in [0.2, 0.25) is 0 Å². The Hall–Kier alpha value is -3.07. The van der Waals surface area contributed by atoms with Gasteiger partial charge in [-0.05, 0) is 55.0 Å². The van der Waals surface area contributed by atoms with E-state index in [1.807, 2.05) is 65.0 Å². The minimum atomic E-state index is -3.78. The highest BCUT2D eigenvalue weighted by atomic mass is 32.2. The molecule has 0 aromatic heterocycles. The lowest BCUT2D eigenvalue weighted by atomic mass is 10.1. The van der Waals surface area contributed by atoms with Gasteiger partial charge in [0.25, 0.3) is 0 Å². The highest BCUT2D eigenvalue weighted by Crippen LogP contribution is 2.27. The first-order valence-electron chi connectivity index (χ1n) is 12.1. The minimum absolute atomic E-state index is 0.133. The van der Waals surface area contributed by atoms with E-state index in [1.165, 1.54) is 4.90 Å². The smallest absolute Gasteiger partial charge is 0.244 e. The van der Waals surface area contributed by atoms with Gasteiger partial charge in [-0.3, -0.25) is 13.9 Å². The van der Waals surface area contributed by atoms with Crippen molar-refractivity contribution >= 4 is 27.5 Å². The molecule has 0 aliphatic carbocycles. The molecule has 0 aliphatic rings. The lowest BCUT2D eigenvalue weighted by Gasteiger charge is -2.33. The molecule has 1 unspecified atom stereocenters. The predicted molar refractivity (Wildman–Crippen MR) is 144 cm³/mol. The van der Waals surface area contributed by atoms with Gasteiger partial charge in [-0.1, -0.05) is 51.1 Å². The second-order valence-corrected chi connectivity index (χ2v) is 11.4. The minimum Gasteiger partial charge on any atom is -0.497 e. The highest BCUT2D eigenvalue weighted by Gasteiger charge is 2.32. The number of amides is 2. The molecule has 0 fully saturated rings. The monoisotopic (exact) mass is 517 g/mol. The summed E-state index contributed by atoms with van der Waals surface area (Å²) < 4.78 is 32.1. The van der Waals surface area contributed by atoms with Crippen LogP contribution in [-0.4, -0.2) is 57.6 Å². The second kappa shape index (κ2) is 12.8. The van der Waals surface area contributed by atoms with Gasteiger partial charge in [0.1, 0.15) is 18.3 Å². The molecule has 0 spiro atoms. The summed E-state index contributed by atoms with van der Waals surface area (Å²) in [5.74, 6) is 0.155. The summed E-state index contributed by atoms with van der Waals surface area (Å²) in [6.07, 6.45) is 1.47. The van der Waals surface area contributed by atoms with Crippen LogP contribution in [0.4, 0.5) is 5.69 Å². The zero-order valence-corrected chi connectivity index (χ0v) is 23.2. The second-order valence-electron chi connectivity index (χ2n) is 9.45. The number of anilines is 1. The van der Waals surface area contributed by atoms with Crippen molar-refractivity contribution in [1.29, 1.82) is 0 Å². The number of rotatable bonds is 12. The molecule has 0 bridgehead atoms. The molecular weight excluding hydrogens is 478 g/mol. The van der Waals surface area contributed by atoms with Crippen LogP contribution in [0, 0.1) is 19.8 Å². The van der Waals surface area contributed by atoms with Crippen molar-refractivity contribution < 1.29 is 22.7 Å². The van der Waals surface area contributed by atoms with Crippen molar-refractivity contribution in [3.05, 3.63) is 59.2 Å². The number of nitrogens with zero attached hydrogens (tertiary/aromatic N) is 2. The summed E-state index contributed by atoms with van der Waals surface area (Å²) in [4.78, 5) is 28.4. The van der Waals surface area contributed by atoms with Gasteiger partial charge in [-0.2, -0.15) is 0 Å². The molecule has 0 saturated heterocycles.